The van der Waals surface area contributed by atoms with Crippen molar-refractivity contribution in [3.05, 3.63) is 48.5 Å². The molecule has 2 aromatic rings. The van der Waals surface area contributed by atoms with Gasteiger partial charge in [0.15, 0.2) is 0 Å². The van der Waals surface area contributed by atoms with E-state index in [1.54, 1.807) is 0 Å². The fourth-order valence-corrected chi connectivity index (χ4v) is 1.68. The third-order valence-corrected chi connectivity index (χ3v) is 2.62. The summed E-state index contributed by atoms with van der Waals surface area (Å²) in [7, 11) is -0.338. The van der Waals surface area contributed by atoms with Gasteiger partial charge in [0.25, 0.3) is 0 Å². The van der Waals surface area contributed by atoms with E-state index in [-0.39, 0.29) is 20.0 Å². The third-order valence-electron chi connectivity index (χ3n) is 2.23. The number of phenols is 2. The van der Waals surface area contributed by atoms with Gasteiger partial charge >= 0.3 is 6.03 Å². The van der Waals surface area contributed by atoms with Gasteiger partial charge in [-0.15, -0.1) is 0 Å². The number of phenolic OH excluding ortho intramolecular Hbond substituents is 2. The van der Waals surface area contributed by atoms with Gasteiger partial charge in [-0.2, -0.15) is 0 Å². The van der Waals surface area contributed by atoms with Crippen molar-refractivity contribution in [2.75, 3.05) is 0 Å². The van der Waals surface area contributed by atoms with Crippen molar-refractivity contribution in [2.45, 2.75) is 6.03 Å². The molecule has 0 bridgehead atoms. The molecule has 0 unspecified atom stereocenters. The van der Waals surface area contributed by atoms with Crippen molar-refractivity contribution in [3.8, 4) is 23.0 Å². The van der Waals surface area contributed by atoms with Crippen LogP contribution in [0.1, 0.15) is 0 Å². The Kier molecular flexibility index (Phi) is 4.21. The molecule has 5 nitrogen and oxygen atoms in total. The summed E-state index contributed by atoms with van der Waals surface area (Å²) >= 11 is 0. The van der Waals surface area contributed by atoms with Crippen LogP contribution >= 0.6 is 8.46 Å². The Hall–Kier alpha value is -2.26. The molecule has 0 aliphatic heterocycles. The Morgan fingerprint density at radius 3 is 1.47 bits per heavy atom. The highest BCUT2D eigenvalue weighted by Crippen LogP contribution is 2.24. The molecule has 0 saturated carbocycles. The van der Waals surface area contributed by atoms with Crippen molar-refractivity contribution < 1.29 is 24.3 Å². The maximum Gasteiger partial charge on any atom is 0.322 e. The molecule has 2 aromatic carbocycles. The molecule has 19 heavy (non-hydrogen) atoms. The van der Waals surface area contributed by atoms with Crippen molar-refractivity contribution in [2.24, 2.45) is 0 Å². The van der Waals surface area contributed by atoms with E-state index in [0.717, 1.165) is 0 Å². The van der Waals surface area contributed by atoms with E-state index in [1.807, 2.05) is 0 Å². The lowest BCUT2D eigenvalue weighted by atomic mass is 10.3. The molecule has 0 heterocycles. The van der Waals surface area contributed by atoms with Crippen LogP contribution in [0, 0.1) is 0 Å². The summed E-state index contributed by atoms with van der Waals surface area (Å²) in [4.78, 5) is 0. The van der Waals surface area contributed by atoms with Crippen LogP contribution in [0.5, 0.6) is 23.0 Å². The van der Waals surface area contributed by atoms with E-state index in [2.05, 4.69) is 0 Å². The highest BCUT2D eigenvalue weighted by atomic mass is 31.1. The van der Waals surface area contributed by atoms with Crippen LogP contribution in [0.25, 0.3) is 0 Å². The summed E-state index contributed by atoms with van der Waals surface area (Å²) in [5, 5.41) is 18.3. The van der Waals surface area contributed by atoms with Gasteiger partial charge in [-0.05, 0) is 48.5 Å². The molecule has 0 radical (unpaired) electrons. The monoisotopic (exact) mass is 278 g/mol. The van der Waals surface area contributed by atoms with Crippen LogP contribution < -0.4 is 9.47 Å². The number of benzene rings is 2. The Morgan fingerprint density at radius 1 is 0.789 bits per heavy atom. The van der Waals surface area contributed by atoms with Crippen LogP contribution in [0.15, 0.2) is 48.5 Å². The van der Waals surface area contributed by atoms with Gasteiger partial charge in [-0.25, -0.2) is 0 Å². The summed E-state index contributed by atoms with van der Waals surface area (Å²) in [6, 6.07) is 10.9. The van der Waals surface area contributed by atoms with Crippen molar-refractivity contribution in [3.63, 3.8) is 0 Å². The molecule has 6 heteroatoms. The van der Waals surface area contributed by atoms with Gasteiger partial charge in [0.05, 0.1) is 0 Å². The molecule has 0 fully saturated rings. The van der Waals surface area contributed by atoms with Crippen LogP contribution in [-0.4, -0.2) is 16.2 Å². The Labute approximate surface area is 111 Å². The van der Waals surface area contributed by atoms with E-state index in [4.69, 9.17) is 19.7 Å². The zero-order valence-electron chi connectivity index (χ0n) is 9.76. The smallest absolute Gasteiger partial charge is 0.322 e. The number of hydrogen-bond donors (Lipinski definition) is 2. The van der Waals surface area contributed by atoms with Crippen LogP contribution in [0.3, 0.4) is 0 Å². The van der Waals surface area contributed by atoms with Crippen LogP contribution in [0.2, 0.25) is 0 Å². The Bertz CT molecular complexity index is 490. The molecular weight excluding hydrogens is 267 g/mol. The lowest BCUT2D eigenvalue weighted by Crippen LogP contribution is -2.16. The number of aromatic hydroxyl groups is 2. The largest absolute Gasteiger partial charge is 0.508 e. The zero-order chi connectivity index (χ0) is 13.7. The zero-order valence-corrected chi connectivity index (χ0v) is 10.7. The topological polar surface area (TPSA) is 76.0 Å². The average molecular weight is 278 g/mol. The highest BCUT2D eigenvalue weighted by Gasteiger charge is 2.12. The van der Waals surface area contributed by atoms with Crippen molar-refractivity contribution in [1.29, 1.82) is 0 Å². The molecular formula is C13H11O5P. The predicted octanol–water partition coefficient (Wildman–Crippen LogP) is 3.13. The standard InChI is InChI=1S/C13H11O5P/c14-9-1-5-11(6-2-9)17-13(19-16)18-12-7-3-10(15)4-8-12/h1-8,13-15H. The first-order valence-corrected chi connectivity index (χ1v) is 6.29. The maximum atomic E-state index is 11.0. The molecule has 0 atom stereocenters. The van der Waals surface area contributed by atoms with E-state index >= 15 is 0 Å². The summed E-state index contributed by atoms with van der Waals surface area (Å²) in [5.74, 6) is 1.07. The van der Waals surface area contributed by atoms with Gasteiger partial charge < -0.3 is 19.7 Å². The third kappa shape index (κ3) is 3.86. The number of hydrogen-bond acceptors (Lipinski definition) is 5. The lowest BCUT2D eigenvalue weighted by Gasteiger charge is -2.14. The second kappa shape index (κ2) is 6.07. The Balaban J connectivity index is 2.02. The number of rotatable bonds is 5. The van der Waals surface area contributed by atoms with Crippen molar-refractivity contribution >= 4 is 8.46 Å². The quantitative estimate of drug-likeness (QED) is 0.649. The molecule has 0 aromatic heterocycles. The SMILES string of the molecule is O=PC(Oc1ccc(O)cc1)Oc1ccc(O)cc1. The van der Waals surface area contributed by atoms with E-state index < -0.39 is 6.03 Å². The predicted molar refractivity (Wildman–Crippen MR) is 68.9 cm³/mol. The van der Waals surface area contributed by atoms with E-state index in [9.17, 15) is 4.57 Å². The minimum atomic E-state index is -1.01. The second-order valence-corrected chi connectivity index (χ2v) is 4.27. The summed E-state index contributed by atoms with van der Waals surface area (Å²) in [6.07, 6.45) is 0. The molecule has 0 spiro atoms. The summed E-state index contributed by atoms with van der Waals surface area (Å²) in [6.45, 7) is 0. The van der Waals surface area contributed by atoms with Gasteiger partial charge in [-0.3, -0.25) is 4.57 Å². The fraction of sp³-hybridized carbons (Fsp3) is 0.0769. The molecule has 0 saturated heterocycles. The average Bonchev–Trinajstić information content (AvgIpc) is 2.43. The van der Waals surface area contributed by atoms with Gasteiger partial charge in [0, 0.05) is 0 Å². The van der Waals surface area contributed by atoms with E-state index in [0.29, 0.717) is 11.5 Å². The number of ether oxygens (including phenoxy) is 2. The van der Waals surface area contributed by atoms with Gasteiger partial charge in [0.1, 0.15) is 23.0 Å². The molecule has 0 amide bonds. The molecule has 2 N–H and O–H groups in total. The minimum Gasteiger partial charge on any atom is -0.508 e. The van der Waals surface area contributed by atoms with Crippen molar-refractivity contribution in [1.82, 2.24) is 0 Å². The second-order valence-electron chi connectivity index (χ2n) is 3.64. The Morgan fingerprint density at radius 2 is 1.16 bits per heavy atom. The molecule has 0 aliphatic rings. The molecule has 98 valence electrons. The molecule has 2 rings (SSSR count). The fourth-order valence-electron chi connectivity index (χ4n) is 1.35. The van der Waals surface area contributed by atoms with E-state index in [1.165, 1.54) is 48.5 Å². The maximum absolute atomic E-state index is 11.0. The highest BCUT2D eigenvalue weighted by molar-refractivity contribution is 7.24. The summed E-state index contributed by atoms with van der Waals surface area (Å²) < 4.78 is 21.7. The normalized spacial score (nSPS) is 10.6. The lowest BCUT2D eigenvalue weighted by molar-refractivity contribution is 0.0788. The molecule has 0 aliphatic carbocycles. The van der Waals surface area contributed by atoms with Gasteiger partial charge in [0.2, 0.25) is 8.46 Å². The first-order valence-electron chi connectivity index (χ1n) is 5.41. The first kappa shape index (κ1) is 13.2. The summed E-state index contributed by atoms with van der Waals surface area (Å²) in [5.41, 5.74) is 0. The van der Waals surface area contributed by atoms with Gasteiger partial charge in [-0.1, -0.05) is 0 Å². The minimum absolute atomic E-state index is 0.114. The van der Waals surface area contributed by atoms with Crippen LogP contribution in [0.4, 0.5) is 0 Å². The first-order chi connectivity index (χ1) is 9.17. The van der Waals surface area contributed by atoms with Crippen LogP contribution in [-0.2, 0) is 4.57 Å².